The molecule has 0 aliphatic heterocycles. The number of amides is 2. The monoisotopic (exact) mass is 537 g/mol. The first kappa shape index (κ1) is 25.5. The minimum atomic E-state index is -0.627. The molecule has 34 heavy (non-hydrogen) atoms. The molecular weight excluding hydrogens is 524 g/mol. The predicted molar refractivity (Wildman–Crippen MR) is 132 cm³/mol. The lowest BCUT2D eigenvalue weighted by molar-refractivity contribution is -0.120. The van der Waals surface area contributed by atoms with Crippen molar-refractivity contribution in [3.8, 4) is 5.75 Å². The Bertz CT molecular complexity index is 1260. The van der Waals surface area contributed by atoms with Crippen LogP contribution >= 0.6 is 46.4 Å². The summed E-state index contributed by atoms with van der Waals surface area (Å²) in [6.45, 7) is -0.293. The van der Waals surface area contributed by atoms with Crippen molar-refractivity contribution in [1.29, 1.82) is 0 Å². The van der Waals surface area contributed by atoms with E-state index in [4.69, 9.17) is 51.1 Å². The van der Waals surface area contributed by atoms with Gasteiger partial charge in [0, 0.05) is 10.6 Å². The lowest BCUT2D eigenvalue weighted by atomic mass is 10.2. The Labute approximate surface area is 214 Å². The van der Waals surface area contributed by atoms with Crippen molar-refractivity contribution in [2.45, 2.75) is 0 Å². The number of esters is 1. The number of carbonyl (C=O) groups is 3. The van der Waals surface area contributed by atoms with Gasteiger partial charge in [0.1, 0.15) is 5.75 Å². The number of rotatable bonds is 7. The van der Waals surface area contributed by atoms with Gasteiger partial charge in [-0.15, -0.1) is 0 Å². The molecular formula is C23H15Cl4N3O4. The van der Waals surface area contributed by atoms with E-state index in [2.05, 4.69) is 15.8 Å². The highest BCUT2D eigenvalue weighted by atomic mass is 35.5. The van der Waals surface area contributed by atoms with E-state index in [0.717, 1.165) is 0 Å². The minimum absolute atomic E-state index is 0.185. The third kappa shape index (κ3) is 7.20. The van der Waals surface area contributed by atoms with Crippen LogP contribution < -0.4 is 15.5 Å². The molecule has 0 saturated carbocycles. The van der Waals surface area contributed by atoms with Gasteiger partial charge >= 0.3 is 5.97 Å². The highest BCUT2D eigenvalue weighted by molar-refractivity contribution is 6.42. The second-order valence-corrected chi connectivity index (χ2v) is 8.35. The van der Waals surface area contributed by atoms with Gasteiger partial charge in [-0.05, 0) is 66.2 Å². The largest absolute Gasteiger partial charge is 0.423 e. The van der Waals surface area contributed by atoms with Crippen LogP contribution in [0.5, 0.6) is 5.75 Å². The molecule has 3 aromatic carbocycles. The van der Waals surface area contributed by atoms with Crippen molar-refractivity contribution in [3.63, 3.8) is 0 Å². The van der Waals surface area contributed by atoms with E-state index in [0.29, 0.717) is 21.4 Å². The van der Waals surface area contributed by atoms with Crippen LogP contribution in [0.15, 0.2) is 65.8 Å². The zero-order chi connectivity index (χ0) is 24.7. The summed E-state index contributed by atoms with van der Waals surface area (Å²) in [4.78, 5) is 36.2. The molecule has 174 valence electrons. The maximum Gasteiger partial charge on any atom is 0.345 e. The molecule has 0 radical (unpaired) electrons. The Morgan fingerprint density at radius 2 is 1.59 bits per heavy atom. The number of nitrogens with one attached hydrogen (secondary N) is 2. The van der Waals surface area contributed by atoms with Crippen LogP contribution in [0.1, 0.15) is 26.3 Å². The van der Waals surface area contributed by atoms with Crippen LogP contribution in [0.4, 0.5) is 0 Å². The topological polar surface area (TPSA) is 96.9 Å². The molecule has 0 fully saturated rings. The van der Waals surface area contributed by atoms with Gasteiger partial charge in [0.25, 0.3) is 11.8 Å². The van der Waals surface area contributed by atoms with Gasteiger partial charge in [-0.25, -0.2) is 10.2 Å². The fourth-order valence-corrected chi connectivity index (χ4v) is 3.34. The molecule has 11 heteroatoms. The molecule has 2 N–H and O–H groups in total. The molecule has 0 bridgehead atoms. The van der Waals surface area contributed by atoms with Gasteiger partial charge in [-0.3, -0.25) is 9.59 Å². The Morgan fingerprint density at radius 3 is 2.26 bits per heavy atom. The van der Waals surface area contributed by atoms with E-state index >= 15 is 0 Å². The summed E-state index contributed by atoms with van der Waals surface area (Å²) < 4.78 is 5.29. The second-order valence-electron chi connectivity index (χ2n) is 6.69. The molecule has 0 aliphatic carbocycles. The lowest BCUT2D eigenvalue weighted by Crippen LogP contribution is -2.34. The molecule has 0 spiro atoms. The van der Waals surface area contributed by atoms with Crippen LogP contribution in [0.25, 0.3) is 0 Å². The first-order valence-corrected chi connectivity index (χ1v) is 11.1. The second kappa shape index (κ2) is 11.9. The van der Waals surface area contributed by atoms with E-state index < -0.39 is 17.8 Å². The Morgan fingerprint density at radius 1 is 0.853 bits per heavy atom. The van der Waals surface area contributed by atoms with Crippen LogP contribution in [0, 0.1) is 0 Å². The zero-order valence-electron chi connectivity index (χ0n) is 17.2. The normalized spacial score (nSPS) is 10.7. The van der Waals surface area contributed by atoms with Crippen molar-refractivity contribution in [2.24, 2.45) is 5.10 Å². The van der Waals surface area contributed by atoms with Crippen molar-refractivity contribution < 1.29 is 19.1 Å². The summed E-state index contributed by atoms with van der Waals surface area (Å²) in [5, 5.41) is 7.42. The molecule has 2 amide bonds. The molecule has 3 aromatic rings. The summed E-state index contributed by atoms with van der Waals surface area (Å²) in [5.41, 5.74) is 3.38. The number of halogens is 4. The van der Waals surface area contributed by atoms with Crippen molar-refractivity contribution in [1.82, 2.24) is 10.7 Å². The third-order valence-electron chi connectivity index (χ3n) is 4.24. The summed E-state index contributed by atoms with van der Waals surface area (Å²) >= 11 is 23.5. The average Bonchev–Trinajstić information content (AvgIpc) is 2.80. The van der Waals surface area contributed by atoms with Crippen LogP contribution in [0.2, 0.25) is 20.1 Å². The lowest BCUT2D eigenvalue weighted by Gasteiger charge is -2.06. The van der Waals surface area contributed by atoms with Crippen LogP contribution in [0.3, 0.4) is 0 Å². The Balaban J connectivity index is 1.47. The number of benzene rings is 3. The fraction of sp³-hybridized carbons (Fsp3) is 0.0435. The van der Waals surface area contributed by atoms with Gasteiger partial charge in [0.15, 0.2) is 0 Å². The van der Waals surface area contributed by atoms with Gasteiger partial charge in [-0.1, -0.05) is 46.4 Å². The number of nitrogens with zero attached hydrogens (tertiary/aromatic N) is 1. The maximum absolute atomic E-state index is 12.2. The average molecular weight is 539 g/mol. The van der Waals surface area contributed by atoms with Crippen LogP contribution in [-0.4, -0.2) is 30.5 Å². The summed E-state index contributed by atoms with van der Waals surface area (Å²) in [6, 6.07) is 15.2. The molecule has 0 aliphatic rings. The third-order valence-corrected chi connectivity index (χ3v) is 5.52. The summed E-state index contributed by atoms with van der Waals surface area (Å²) in [5.74, 6) is -1.35. The van der Waals surface area contributed by atoms with Gasteiger partial charge < -0.3 is 10.1 Å². The molecule has 0 heterocycles. The van der Waals surface area contributed by atoms with E-state index in [1.54, 1.807) is 24.3 Å². The maximum atomic E-state index is 12.2. The minimum Gasteiger partial charge on any atom is -0.423 e. The zero-order valence-corrected chi connectivity index (χ0v) is 20.2. The van der Waals surface area contributed by atoms with E-state index in [1.165, 1.54) is 42.6 Å². The summed E-state index contributed by atoms with van der Waals surface area (Å²) in [7, 11) is 0. The highest BCUT2D eigenvalue weighted by Gasteiger charge is 2.13. The van der Waals surface area contributed by atoms with Gasteiger partial charge in [0.05, 0.1) is 33.4 Å². The Hall–Kier alpha value is -3.10. The Kier molecular flexibility index (Phi) is 8.90. The SMILES string of the molecule is O=C(CNC(=O)c1ccc(Cl)c(Cl)c1)N/N=C/c1ccc(OC(=O)c2ccc(Cl)cc2Cl)cc1. The number of hydrogen-bond acceptors (Lipinski definition) is 5. The molecule has 0 aromatic heterocycles. The molecule has 0 atom stereocenters. The molecule has 3 rings (SSSR count). The first-order valence-electron chi connectivity index (χ1n) is 9.55. The van der Waals surface area contributed by atoms with Crippen molar-refractivity contribution in [2.75, 3.05) is 6.54 Å². The molecule has 7 nitrogen and oxygen atoms in total. The highest BCUT2D eigenvalue weighted by Crippen LogP contribution is 2.23. The number of hydrogen-bond donors (Lipinski definition) is 2. The van der Waals surface area contributed by atoms with Gasteiger partial charge in [0.2, 0.25) is 0 Å². The van der Waals surface area contributed by atoms with Gasteiger partial charge in [-0.2, -0.15) is 5.10 Å². The first-order chi connectivity index (χ1) is 16.2. The predicted octanol–water partition coefficient (Wildman–Crippen LogP) is 5.40. The smallest absolute Gasteiger partial charge is 0.345 e. The van der Waals surface area contributed by atoms with E-state index in [1.807, 2.05) is 0 Å². The molecule has 0 saturated heterocycles. The summed E-state index contributed by atoms with van der Waals surface area (Å²) in [6.07, 6.45) is 1.39. The quantitative estimate of drug-likeness (QED) is 0.182. The fourth-order valence-electron chi connectivity index (χ4n) is 2.56. The molecule has 0 unspecified atom stereocenters. The number of carbonyl (C=O) groups excluding carboxylic acids is 3. The van der Waals surface area contributed by atoms with Crippen LogP contribution in [-0.2, 0) is 4.79 Å². The standard InChI is InChI=1S/C23H15Cl4N3O4/c24-15-4-7-17(19(26)10-15)23(33)34-16-5-1-13(2-6-16)11-29-30-21(31)12-28-22(32)14-3-8-18(25)20(27)9-14/h1-11H,12H2,(H,28,32)(H,30,31)/b29-11+. The van der Waals surface area contributed by atoms with Crippen molar-refractivity contribution >= 4 is 70.4 Å². The van der Waals surface area contributed by atoms with Crippen molar-refractivity contribution in [3.05, 3.63) is 97.4 Å². The van der Waals surface area contributed by atoms with E-state index in [-0.39, 0.29) is 27.7 Å². The van der Waals surface area contributed by atoms with E-state index in [9.17, 15) is 14.4 Å². The number of ether oxygens (including phenoxy) is 1. The number of hydrazone groups is 1.